The molecule has 0 saturated heterocycles. The molecule has 3 nitrogen and oxygen atoms in total. The molecule has 0 radical (unpaired) electrons. The summed E-state index contributed by atoms with van der Waals surface area (Å²) in [7, 11) is 0. The lowest BCUT2D eigenvalue weighted by molar-refractivity contribution is 0.474. The molecule has 0 unspecified atom stereocenters. The van der Waals surface area contributed by atoms with Crippen molar-refractivity contribution >= 4 is 5.69 Å². The smallest absolute Gasteiger partial charge is 0.115 e. The van der Waals surface area contributed by atoms with Gasteiger partial charge in [0.25, 0.3) is 0 Å². The molecule has 0 atom stereocenters. The van der Waals surface area contributed by atoms with Crippen LogP contribution in [0, 0.1) is 0 Å². The second kappa shape index (κ2) is 4.11. The van der Waals surface area contributed by atoms with Crippen molar-refractivity contribution in [2.75, 3.05) is 11.9 Å². The minimum Gasteiger partial charge on any atom is -0.508 e. The van der Waals surface area contributed by atoms with E-state index in [-0.39, 0.29) is 5.54 Å². The zero-order chi connectivity index (χ0) is 10.7. The highest BCUT2D eigenvalue weighted by atomic mass is 16.3. The van der Waals surface area contributed by atoms with Crippen LogP contribution in [0.25, 0.3) is 0 Å². The van der Waals surface area contributed by atoms with Gasteiger partial charge in [0.1, 0.15) is 5.75 Å². The van der Waals surface area contributed by atoms with Crippen LogP contribution in [0.1, 0.15) is 25.7 Å². The fourth-order valence-electron chi connectivity index (χ4n) is 2.28. The van der Waals surface area contributed by atoms with Crippen LogP contribution < -0.4 is 11.1 Å². The van der Waals surface area contributed by atoms with Gasteiger partial charge in [-0.1, -0.05) is 12.8 Å². The van der Waals surface area contributed by atoms with Gasteiger partial charge in [-0.2, -0.15) is 0 Å². The first-order valence-electron chi connectivity index (χ1n) is 5.51. The van der Waals surface area contributed by atoms with Gasteiger partial charge < -0.3 is 16.2 Å². The normalized spacial score (nSPS) is 19.0. The van der Waals surface area contributed by atoms with E-state index >= 15 is 0 Å². The lowest BCUT2D eigenvalue weighted by Gasteiger charge is -2.30. The standard InChI is InChI=1S/C12H18N2O/c13-9-12(7-1-2-8-12)14-10-3-5-11(15)6-4-10/h3-6,14-15H,1-2,7-9,13H2. The van der Waals surface area contributed by atoms with E-state index < -0.39 is 0 Å². The zero-order valence-electron chi connectivity index (χ0n) is 8.87. The molecule has 82 valence electrons. The first kappa shape index (κ1) is 10.3. The first-order valence-corrected chi connectivity index (χ1v) is 5.51. The Morgan fingerprint density at radius 1 is 1.20 bits per heavy atom. The van der Waals surface area contributed by atoms with Gasteiger partial charge in [-0.25, -0.2) is 0 Å². The van der Waals surface area contributed by atoms with Crippen LogP contribution in [0.5, 0.6) is 5.75 Å². The predicted octanol–water partition coefficient (Wildman–Crippen LogP) is 2.08. The predicted molar refractivity (Wildman–Crippen MR) is 62.0 cm³/mol. The van der Waals surface area contributed by atoms with E-state index in [4.69, 9.17) is 5.73 Å². The van der Waals surface area contributed by atoms with Crippen molar-refractivity contribution in [3.8, 4) is 5.75 Å². The Kier molecular flexibility index (Phi) is 2.82. The number of aromatic hydroxyl groups is 1. The highest BCUT2D eigenvalue weighted by Gasteiger charge is 2.31. The molecule has 4 N–H and O–H groups in total. The van der Waals surface area contributed by atoms with Crippen molar-refractivity contribution in [1.29, 1.82) is 0 Å². The van der Waals surface area contributed by atoms with Gasteiger partial charge in [0.05, 0.1) is 0 Å². The number of benzene rings is 1. The van der Waals surface area contributed by atoms with Crippen LogP contribution in [-0.2, 0) is 0 Å². The molecule has 1 aromatic rings. The molecule has 0 spiro atoms. The van der Waals surface area contributed by atoms with E-state index in [1.807, 2.05) is 12.1 Å². The number of phenolic OH excluding ortho intramolecular Hbond substituents is 1. The summed E-state index contributed by atoms with van der Waals surface area (Å²) in [5, 5.41) is 12.7. The molecule has 0 heterocycles. The third-order valence-corrected chi connectivity index (χ3v) is 3.23. The Morgan fingerprint density at radius 3 is 2.33 bits per heavy atom. The van der Waals surface area contributed by atoms with Crippen molar-refractivity contribution in [3.05, 3.63) is 24.3 Å². The summed E-state index contributed by atoms with van der Waals surface area (Å²) in [4.78, 5) is 0. The zero-order valence-corrected chi connectivity index (χ0v) is 8.87. The number of hydrogen-bond donors (Lipinski definition) is 3. The molecule has 1 aliphatic carbocycles. The van der Waals surface area contributed by atoms with Gasteiger partial charge in [-0.3, -0.25) is 0 Å². The average Bonchev–Trinajstić information content (AvgIpc) is 2.71. The van der Waals surface area contributed by atoms with Crippen molar-refractivity contribution < 1.29 is 5.11 Å². The Labute approximate surface area is 90.3 Å². The Balaban J connectivity index is 2.09. The molecule has 0 aromatic heterocycles. The molecule has 0 amide bonds. The summed E-state index contributed by atoms with van der Waals surface area (Å²) in [5.41, 5.74) is 6.96. The Hall–Kier alpha value is -1.22. The molecule has 2 rings (SSSR count). The molecule has 1 saturated carbocycles. The number of nitrogens with one attached hydrogen (secondary N) is 1. The second-order valence-electron chi connectivity index (χ2n) is 4.36. The molecular weight excluding hydrogens is 188 g/mol. The maximum absolute atomic E-state index is 9.19. The number of anilines is 1. The van der Waals surface area contributed by atoms with Crippen LogP contribution in [-0.4, -0.2) is 17.2 Å². The van der Waals surface area contributed by atoms with E-state index in [0.29, 0.717) is 12.3 Å². The number of nitrogens with two attached hydrogens (primary N) is 1. The first-order chi connectivity index (χ1) is 7.24. The molecular formula is C12H18N2O. The van der Waals surface area contributed by atoms with Gasteiger partial charge in [-0.05, 0) is 37.1 Å². The van der Waals surface area contributed by atoms with Crippen molar-refractivity contribution in [3.63, 3.8) is 0 Å². The summed E-state index contributed by atoms with van der Waals surface area (Å²) in [6.45, 7) is 0.674. The van der Waals surface area contributed by atoms with Crippen LogP contribution in [0.3, 0.4) is 0 Å². The van der Waals surface area contributed by atoms with E-state index in [2.05, 4.69) is 5.32 Å². The Bertz CT molecular complexity index is 315. The molecule has 0 bridgehead atoms. The number of rotatable bonds is 3. The topological polar surface area (TPSA) is 58.3 Å². The minimum atomic E-state index is 0.0803. The van der Waals surface area contributed by atoms with Gasteiger partial charge >= 0.3 is 0 Å². The van der Waals surface area contributed by atoms with Crippen LogP contribution >= 0.6 is 0 Å². The van der Waals surface area contributed by atoms with Gasteiger partial charge in [0.2, 0.25) is 0 Å². The largest absolute Gasteiger partial charge is 0.508 e. The molecule has 15 heavy (non-hydrogen) atoms. The van der Waals surface area contributed by atoms with Gasteiger partial charge in [0, 0.05) is 17.8 Å². The van der Waals surface area contributed by atoms with E-state index in [1.165, 1.54) is 12.8 Å². The van der Waals surface area contributed by atoms with Gasteiger partial charge in [0.15, 0.2) is 0 Å². The highest BCUT2D eigenvalue weighted by Crippen LogP contribution is 2.32. The van der Waals surface area contributed by atoms with E-state index in [0.717, 1.165) is 18.5 Å². The van der Waals surface area contributed by atoms with Gasteiger partial charge in [-0.15, -0.1) is 0 Å². The monoisotopic (exact) mass is 206 g/mol. The van der Waals surface area contributed by atoms with Crippen LogP contribution in [0.4, 0.5) is 5.69 Å². The molecule has 1 aromatic carbocycles. The van der Waals surface area contributed by atoms with Crippen LogP contribution in [0.15, 0.2) is 24.3 Å². The van der Waals surface area contributed by atoms with E-state index in [1.54, 1.807) is 12.1 Å². The lowest BCUT2D eigenvalue weighted by atomic mass is 9.97. The maximum atomic E-state index is 9.19. The van der Waals surface area contributed by atoms with Crippen molar-refractivity contribution in [2.24, 2.45) is 5.73 Å². The molecule has 1 aliphatic rings. The minimum absolute atomic E-state index is 0.0803. The van der Waals surface area contributed by atoms with Crippen LogP contribution in [0.2, 0.25) is 0 Å². The molecule has 0 aliphatic heterocycles. The average molecular weight is 206 g/mol. The third kappa shape index (κ3) is 2.23. The molecule has 3 heteroatoms. The SMILES string of the molecule is NCC1(Nc2ccc(O)cc2)CCCC1. The maximum Gasteiger partial charge on any atom is 0.115 e. The third-order valence-electron chi connectivity index (χ3n) is 3.23. The van der Waals surface area contributed by atoms with Crippen molar-refractivity contribution in [1.82, 2.24) is 0 Å². The van der Waals surface area contributed by atoms with E-state index in [9.17, 15) is 5.11 Å². The van der Waals surface area contributed by atoms with Crippen molar-refractivity contribution in [2.45, 2.75) is 31.2 Å². The second-order valence-corrected chi connectivity index (χ2v) is 4.36. The highest BCUT2D eigenvalue weighted by molar-refractivity contribution is 5.48. The quantitative estimate of drug-likeness (QED) is 0.664. The number of hydrogen-bond acceptors (Lipinski definition) is 3. The molecule has 1 fully saturated rings. The summed E-state index contributed by atoms with van der Waals surface area (Å²) in [5.74, 6) is 0.300. The summed E-state index contributed by atoms with van der Waals surface area (Å²) in [6, 6.07) is 7.18. The fraction of sp³-hybridized carbons (Fsp3) is 0.500. The lowest BCUT2D eigenvalue weighted by Crippen LogP contribution is -2.42. The Morgan fingerprint density at radius 2 is 1.80 bits per heavy atom. The fourth-order valence-corrected chi connectivity index (χ4v) is 2.28. The number of phenols is 1. The summed E-state index contributed by atoms with van der Waals surface area (Å²) in [6.07, 6.45) is 4.79. The summed E-state index contributed by atoms with van der Waals surface area (Å²) < 4.78 is 0. The summed E-state index contributed by atoms with van der Waals surface area (Å²) >= 11 is 0.